The number of aromatic amines is 1. The molecule has 130 valence electrons. The predicted molar refractivity (Wildman–Crippen MR) is 101 cm³/mol. The normalized spacial score (nSPS) is 11.7. The highest BCUT2D eigenvalue weighted by atomic mass is 19.1. The van der Waals surface area contributed by atoms with Crippen LogP contribution in [0.1, 0.15) is 16.7 Å². The summed E-state index contributed by atoms with van der Waals surface area (Å²) in [6.45, 7) is 3.55. The van der Waals surface area contributed by atoms with Crippen molar-refractivity contribution in [2.45, 2.75) is 19.9 Å². The number of fused-ring (bicyclic) bond motifs is 1. The Labute approximate surface area is 147 Å². The van der Waals surface area contributed by atoms with Crippen molar-refractivity contribution in [2.24, 2.45) is 4.99 Å². The molecule has 0 unspecified atom stereocenters. The van der Waals surface area contributed by atoms with E-state index >= 15 is 0 Å². The van der Waals surface area contributed by atoms with E-state index in [-0.39, 0.29) is 5.82 Å². The number of aromatic nitrogens is 1. The number of nitrogens with one attached hydrogen (secondary N) is 3. The minimum atomic E-state index is -0.211. The number of aryl methyl sites for hydroxylation is 1. The quantitative estimate of drug-likeness (QED) is 0.492. The summed E-state index contributed by atoms with van der Waals surface area (Å²) in [6.07, 6.45) is 2.73. The van der Waals surface area contributed by atoms with E-state index in [2.05, 4.69) is 39.7 Å². The van der Waals surface area contributed by atoms with Gasteiger partial charge in [0.05, 0.1) is 0 Å². The minimum absolute atomic E-state index is 0.211. The summed E-state index contributed by atoms with van der Waals surface area (Å²) in [7, 11) is 1.76. The Balaban J connectivity index is 1.54. The van der Waals surface area contributed by atoms with E-state index in [1.165, 1.54) is 17.2 Å². The Hall–Kier alpha value is -2.82. The zero-order valence-electron chi connectivity index (χ0n) is 14.6. The smallest absolute Gasteiger partial charge is 0.191 e. The van der Waals surface area contributed by atoms with Crippen molar-refractivity contribution < 1.29 is 4.39 Å². The minimum Gasteiger partial charge on any atom is -0.361 e. The molecule has 3 N–H and O–H groups in total. The van der Waals surface area contributed by atoms with Crippen LogP contribution in [0.3, 0.4) is 0 Å². The Kier molecular flexibility index (Phi) is 5.33. The van der Waals surface area contributed by atoms with E-state index in [4.69, 9.17) is 0 Å². The first-order chi connectivity index (χ1) is 12.2. The van der Waals surface area contributed by atoms with Crippen LogP contribution in [0.4, 0.5) is 4.39 Å². The molecule has 3 rings (SSSR count). The zero-order valence-corrected chi connectivity index (χ0v) is 14.6. The standard InChI is InChI=1S/C20H23FN4/c1-14-5-3-4-6-15(14)12-25-20(22-2)23-10-9-16-13-24-19-8-7-17(21)11-18(16)19/h3-8,11,13,24H,9-10,12H2,1-2H3,(H2,22,23,25). The van der Waals surface area contributed by atoms with E-state index in [9.17, 15) is 4.39 Å². The molecule has 0 radical (unpaired) electrons. The second kappa shape index (κ2) is 7.83. The highest BCUT2D eigenvalue weighted by Crippen LogP contribution is 2.19. The number of hydrogen-bond acceptors (Lipinski definition) is 1. The van der Waals surface area contributed by atoms with Gasteiger partial charge < -0.3 is 15.6 Å². The second-order valence-electron chi connectivity index (χ2n) is 6.03. The molecule has 0 aliphatic carbocycles. The third-order valence-electron chi connectivity index (χ3n) is 4.35. The summed E-state index contributed by atoms with van der Waals surface area (Å²) < 4.78 is 13.4. The van der Waals surface area contributed by atoms with Crippen LogP contribution < -0.4 is 10.6 Å². The summed E-state index contributed by atoms with van der Waals surface area (Å²) in [4.78, 5) is 7.43. The van der Waals surface area contributed by atoms with Crippen LogP contribution in [0.5, 0.6) is 0 Å². The van der Waals surface area contributed by atoms with Gasteiger partial charge in [0.25, 0.3) is 0 Å². The summed E-state index contributed by atoms with van der Waals surface area (Å²) in [5.74, 6) is 0.547. The summed E-state index contributed by atoms with van der Waals surface area (Å²) in [5, 5.41) is 7.57. The van der Waals surface area contributed by atoms with E-state index in [0.717, 1.165) is 41.9 Å². The first-order valence-electron chi connectivity index (χ1n) is 8.42. The van der Waals surface area contributed by atoms with Gasteiger partial charge in [0, 0.05) is 37.2 Å². The molecule has 3 aromatic rings. The molecular weight excluding hydrogens is 315 g/mol. The third kappa shape index (κ3) is 4.18. The summed E-state index contributed by atoms with van der Waals surface area (Å²) in [5.41, 5.74) is 4.55. The molecule has 0 fully saturated rings. The number of benzene rings is 2. The fraction of sp³-hybridized carbons (Fsp3) is 0.250. The van der Waals surface area contributed by atoms with Crippen LogP contribution in [0.2, 0.25) is 0 Å². The molecule has 0 amide bonds. The fourth-order valence-corrected chi connectivity index (χ4v) is 2.88. The van der Waals surface area contributed by atoms with Crippen LogP contribution in [0, 0.1) is 12.7 Å². The molecule has 0 saturated carbocycles. The number of hydrogen-bond donors (Lipinski definition) is 3. The molecule has 0 atom stereocenters. The van der Waals surface area contributed by atoms with Crippen molar-refractivity contribution in [2.75, 3.05) is 13.6 Å². The Bertz CT molecular complexity index is 882. The molecule has 0 aliphatic rings. The lowest BCUT2D eigenvalue weighted by Crippen LogP contribution is -2.37. The zero-order chi connectivity index (χ0) is 17.6. The van der Waals surface area contributed by atoms with Crippen molar-refractivity contribution >= 4 is 16.9 Å². The van der Waals surface area contributed by atoms with E-state index < -0.39 is 0 Å². The van der Waals surface area contributed by atoms with Gasteiger partial charge in [-0.1, -0.05) is 24.3 Å². The number of aliphatic imine (C=N–C) groups is 1. The Morgan fingerprint density at radius 3 is 2.76 bits per heavy atom. The number of nitrogens with zero attached hydrogens (tertiary/aromatic N) is 1. The largest absolute Gasteiger partial charge is 0.361 e. The van der Waals surface area contributed by atoms with Crippen molar-refractivity contribution in [3.63, 3.8) is 0 Å². The molecule has 0 bridgehead atoms. The summed E-state index contributed by atoms with van der Waals surface area (Å²) >= 11 is 0. The van der Waals surface area contributed by atoms with Crippen molar-refractivity contribution in [1.29, 1.82) is 0 Å². The first kappa shape index (κ1) is 17.0. The maximum Gasteiger partial charge on any atom is 0.191 e. The lowest BCUT2D eigenvalue weighted by Gasteiger charge is -2.13. The molecule has 25 heavy (non-hydrogen) atoms. The van der Waals surface area contributed by atoms with E-state index in [0.29, 0.717) is 0 Å². The monoisotopic (exact) mass is 338 g/mol. The van der Waals surface area contributed by atoms with Gasteiger partial charge in [-0.3, -0.25) is 4.99 Å². The topological polar surface area (TPSA) is 52.2 Å². The Morgan fingerprint density at radius 1 is 1.12 bits per heavy atom. The maximum absolute atomic E-state index is 13.4. The van der Waals surface area contributed by atoms with Gasteiger partial charge in [-0.25, -0.2) is 4.39 Å². The fourth-order valence-electron chi connectivity index (χ4n) is 2.88. The Morgan fingerprint density at radius 2 is 1.96 bits per heavy atom. The highest BCUT2D eigenvalue weighted by Gasteiger charge is 2.06. The average Bonchev–Trinajstić information content (AvgIpc) is 3.01. The van der Waals surface area contributed by atoms with Gasteiger partial charge in [-0.2, -0.15) is 0 Å². The van der Waals surface area contributed by atoms with Crippen LogP contribution in [0.25, 0.3) is 10.9 Å². The number of H-pyrrole nitrogens is 1. The number of guanidine groups is 1. The number of rotatable bonds is 5. The lowest BCUT2D eigenvalue weighted by atomic mass is 10.1. The SMILES string of the molecule is CN=C(NCCc1c[nH]c2ccc(F)cc12)NCc1ccccc1C. The van der Waals surface area contributed by atoms with E-state index in [1.807, 2.05) is 18.3 Å². The molecule has 1 aromatic heterocycles. The van der Waals surface area contributed by atoms with Gasteiger partial charge in [-0.05, 0) is 48.2 Å². The van der Waals surface area contributed by atoms with Gasteiger partial charge in [0.15, 0.2) is 5.96 Å². The predicted octanol–water partition coefficient (Wildman–Crippen LogP) is 3.52. The van der Waals surface area contributed by atoms with Gasteiger partial charge in [0.1, 0.15) is 5.82 Å². The molecule has 0 spiro atoms. The van der Waals surface area contributed by atoms with Gasteiger partial charge in [-0.15, -0.1) is 0 Å². The van der Waals surface area contributed by atoms with Crippen molar-refractivity contribution in [1.82, 2.24) is 15.6 Å². The molecule has 5 heteroatoms. The molecular formula is C20H23FN4. The van der Waals surface area contributed by atoms with Crippen LogP contribution in [-0.2, 0) is 13.0 Å². The van der Waals surface area contributed by atoms with Crippen LogP contribution in [0.15, 0.2) is 53.7 Å². The molecule has 2 aromatic carbocycles. The lowest BCUT2D eigenvalue weighted by molar-refractivity contribution is 0.629. The van der Waals surface area contributed by atoms with Crippen molar-refractivity contribution in [3.8, 4) is 0 Å². The van der Waals surface area contributed by atoms with Gasteiger partial charge >= 0.3 is 0 Å². The first-order valence-corrected chi connectivity index (χ1v) is 8.42. The second-order valence-corrected chi connectivity index (χ2v) is 6.03. The molecule has 1 heterocycles. The summed E-state index contributed by atoms with van der Waals surface area (Å²) in [6, 6.07) is 13.1. The molecule has 4 nitrogen and oxygen atoms in total. The van der Waals surface area contributed by atoms with E-state index in [1.54, 1.807) is 19.2 Å². The van der Waals surface area contributed by atoms with Crippen LogP contribution in [-0.4, -0.2) is 24.5 Å². The van der Waals surface area contributed by atoms with Gasteiger partial charge in [0.2, 0.25) is 0 Å². The third-order valence-corrected chi connectivity index (χ3v) is 4.35. The maximum atomic E-state index is 13.4. The molecule has 0 aliphatic heterocycles. The average molecular weight is 338 g/mol. The highest BCUT2D eigenvalue weighted by molar-refractivity contribution is 5.83. The van der Waals surface area contributed by atoms with Crippen LogP contribution >= 0.6 is 0 Å². The molecule has 0 saturated heterocycles. The van der Waals surface area contributed by atoms with Crippen molar-refractivity contribution in [3.05, 3.63) is 71.2 Å². The number of halogens is 1.